The van der Waals surface area contributed by atoms with E-state index in [0.717, 1.165) is 37.1 Å². The summed E-state index contributed by atoms with van der Waals surface area (Å²) in [4.78, 5) is 4.80. The fraction of sp³-hybridized carbons (Fsp3) is 0.0909. The molecule has 2 nitrogen and oxygen atoms in total. The number of aryl methyl sites for hydroxylation is 1. The standard InChI is InChI=1S/C44H36N2/c1-3-17-37(18-4-1)45(43-23-11-15-35-13-7-9-21-41(35)43)39-29-25-33(26-30-39)34-27-31-40(32-28-34)46(38-19-5-2-6-20-38)44-24-12-16-36-14-8-10-22-42(36)44/h1-9,12-14,16-21,23-32H,10-11,15,22H2. The zero-order valence-electron chi connectivity index (χ0n) is 25.9. The summed E-state index contributed by atoms with van der Waals surface area (Å²) >= 11 is 0. The molecule has 2 aliphatic rings. The second-order valence-corrected chi connectivity index (χ2v) is 12.0. The summed E-state index contributed by atoms with van der Waals surface area (Å²) in [5.41, 5.74) is 15.0. The van der Waals surface area contributed by atoms with Gasteiger partial charge in [-0.2, -0.15) is 0 Å². The Morgan fingerprint density at radius 1 is 0.435 bits per heavy atom. The van der Waals surface area contributed by atoms with Gasteiger partial charge in [0.05, 0.1) is 0 Å². The minimum atomic E-state index is 1.04. The van der Waals surface area contributed by atoms with E-state index < -0.39 is 0 Å². The van der Waals surface area contributed by atoms with Crippen LogP contribution in [0, 0.1) is 0 Å². The Morgan fingerprint density at radius 3 is 1.72 bits per heavy atom. The van der Waals surface area contributed by atoms with Gasteiger partial charge in [-0.3, -0.25) is 0 Å². The van der Waals surface area contributed by atoms with Crippen molar-refractivity contribution in [2.24, 2.45) is 0 Å². The lowest BCUT2D eigenvalue weighted by atomic mass is 9.93. The van der Waals surface area contributed by atoms with E-state index in [0.29, 0.717) is 0 Å². The Hall–Kier alpha value is -5.60. The summed E-state index contributed by atoms with van der Waals surface area (Å²) in [6, 6.07) is 55.0. The number of allylic oxidation sites excluding steroid dienone is 2. The smallest absolute Gasteiger partial charge is 0.0499 e. The summed E-state index contributed by atoms with van der Waals surface area (Å²) in [5, 5.41) is 0. The number of anilines is 5. The molecule has 8 rings (SSSR count). The Bertz CT molecular complexity index is 2020. The van der Waals surface area contributed by atoms with Gasteiger partial charge in [0.1, 0.15) is 0 Å². The number of benzene rings is 6. The predicted molar refractivity (Wildman–Crippen MR) is 195 cm³/mol. The van der Waals surface area contributed by atoms with Crippen molar-refractivity contribution in [2.75, 3.05) is 9.80 Å². The monoisotopic (exact) mass is 592 g/mol. The highest BCUT2D eigenvalue weighted by Gasteiger charge is 2.22. The maximum atomic E-state index is 2.40. The topological polar surface area (TPSA) is 6.48 Å². The van der Waals surface area contributed by atoms with Gasteiger partial charge in [0.25, 0.3) is 0 Å². The van der Waals surface area contributed by atoms with Crippen LogP contribution in [0.5, 0.6) is 0 Å². The molecule has 46 heavy (non-hydrogen) atoms. The summed E-state index contributed by atoms with van der Waals surface area (Å²) in [6.07, 6.45) is 11.2. The highest BCUT2D eigenvalue weighted by Crippen LogP contribution is 2.41. The van der Waals surface area contributed by atoms with Crippen molar-refractivity contribution < 1.29 is 0 Å². The Morgan fingerprint density at radius 2 is 1.02 bits per heavy atom. The minimum Gasteiger partial charge on any atom is -0.310 e. The van der Waals surface area contributed by atoms with E-state index in [2.05, 4.69) is 180 Å². The average Bonchev–Trinajstić information content (AvgIpc) is 3.14. The lowest BCUT2D eigenvalue weighted by Gasteiger charge is -2.31. The molecule has 0 bridgehead atoms. The highest BCUT2D eigenvalue weighted by atomic mass is 15.2. The zero-order valence-corrected chi connectivity index (χ0v) is 25.9. The molecule has 0 unspecified atom stereocenters. The molecule has 0 fully saturated rings. The molecule has 6 aromatic carbocycles. The van der Waals surface area contributed by atoms with Crippen molar-refractivity contribution in [2.45, 2.75) is 25.7 Å². The third-order valence-corrected chi connectivity index (χ3v) is 9.19. The molecule has 0 atom stereocenters. The zero-order chi connectivity index (χ0) is 30.7. The first-order valence-corrected chi connectivity index (χ1v) is 16.3. The van der Waals surface area contributed by atoms with Crippen LogP contribution in [0.1, 0.15) is 35.1 Å². The Balaban J connectivity index is 1.13. The second kappa shape index (κ2) is 12.4. The summed E-state index contributed by atoms with van der Waals surface area (Å²) in [6.45, 7) is 0. The first kappa shape index (κ1) is 27.9. The van der Waals surface area contributed by atoms with Gasteiger partial charge in [0, 0.05) is 39.7 Å². The summed E-state index contributed by atoms with van der Waals surface area (Å²) in [5.74, 6) is 0. The summed E-state index contributed by atoms with van der Waals surface area (Å²) < 4.78 is 0. The quantitative estimate of drug-likeness (QED) is 0.182. The Kier molecular flexibility index (Phi) is 7.54. The molecule has 222 valence electrons. The lowest BCUT2D eigenvalue weighted by Crippen LogP contribution is -2.18. The average molecular weight is 593 g/mol. The van der Waals surface area contributed by atoms with E-state index in [1.165, 1.54) is 56.1 Å². The molecule has 2 aliphatic carbocycles. The largest absolute Gasteiger partial charge is 0.310 e. The first-order valence-electron chi connectivity index (χ1n) is 16.3. The number of hydrogen-bond donors (Lipinski definition) is 0. The first-order chi connectivity index (χ1) is 22.8. The van der Waals surface area contributed by atoms with Crippen molar-refractivity contribution in [3.05, 3.63) is 186 Å². The van der Waals surface area contributed by atoms with Crippen molar-refractivity contribution in [3.63, 3.8) is 0 Å². The maximum Gasteiger partial charge on any atom is 0.0499 e. The molecule has 6 aromatic rings. The molecule has 0 saturated carbocycles. The van der Waals surface area contributed by atoms with Gasteiger partial charge in [-0.05, 0) is 108 Å². The van der Waals surface area contributed by atoms with Crippen LogP contribution in [0.4, 0.5) is 28.4 Å². The molecule has 0 radical (unpaired) electrons. The van der Waals surface area contributed by atoms with Crippen LogP contribution in [0.15, 0.2) is 164 Å². The third kappa shape index (κ3) is 5.33. The van der Waals surface area contributed by atoms with Crippen LogP contribution < -0.4 is 9.80 Å². The van der Waals surface area contributed by atoms with E-state index in [4.69, 9.17) is 0 Å². The normalized spacial score (nSPS) is 13.3. The highest BCUT2D eigenvalue weighted by molar-refractivity contribution is 5.90. The number of nitrogens with zero attached hydrogens (tertiary/aromatic N) is 2. The molecular formula is C44H36N2. The van der Waals surface area contributed by atoms with Gasteiger partial charge in [0.15, 0.2) is 0 Å². The molecule has 0 amide bonds. The van der Waals surface area contributed by atoms with Crippen molar-refractivity contribution in [3.8, 4) is 11.1 Å². The van der Waals surface area contributed by atoms with E-state index in [1.807, 2.05) is 0 Å². The number of para-hydroxylation sites is 2. The van der Waals surface area contributed by atoms with E-state index in [-0.39, 0.29) is 0 Å². The SMILES string of the molecule is C1=Cc2cccc(N(c3ccccc3)c3ccc(-c4ccc(N(C5=CCCc6ccccc65)c5ccccc5)cc4)cc3)c2CC1. The second-order valence-electron chi connectivity index (χ2n) is 12.0. The van der Waals surface area contributed by atoms with Crippen LogP contribution >= 0.6 is 0 Å². The fourth-order valence-electron chi connectivity index (χ4n) is 6.96. The minimum absolute atomic E-state index is 1.04. The van der Waals surface area contributed by atoms with Crippen LogP contribution in [0.25, 0.3) is 22.9 Å². The number of rotatable bonds is 7. The molecule has 0 aliphatic heterocycles. The molecule has 0 heterocycles. The Labute approximate surface area is 272 Å². The van der Waals surface area contributed by atoms with Crippen LogP contribution in [0.2, 0.25) is 0 Å². The van der Waals surface area contributed by atoms with Crippen molar-refractivity contribution in [1.82, 2.24) is 0 Å². The van der Waals surface area contributed by atoms with Gasteiger partial charge in [0.2, 0.25) is 0 Å². The third-order valence-electron chi connectivity index (χ3n) is 9.19. The van der Waals surface area contributed by atoms with E-state index in [1.54, 1.807) is 0 Å². The molecule has 0 saturated heterocycles. The van der Waals surface area contributed by atoms with Crippen LogP contribution in [-0.2, 0) is 12.8 Å². The lowest BCUT2D eigenvalue weighted by molar-refractivity contribution is 0.968. The van der Waals surface area contributed by atoms with Gasteiger partial charge in [-0.1, -0.05) is 115 Å². The molecule has 0 spiro atoms. The van der Waals surface area contributed by atoms with Gasteiger partial charge in [-0.25, -0.2) is 0 Å². The maximum absolute atomic E-state index is 2.40. The van der Waals surface area contributed by atoms with Crippen molar-refractivity contribution >= 4 is 40.2 Å². The fourth-order valence-corrected chi connectivity index (χ4v) is 6.96. The van der Waals surface area contributed by atoms with E-state index in [9.17, 15) is 0 Å². The van der Waals surface area contributed by atoms with Crippen LogP contribution in [-0.4, -0.2) is 0 Å². The van der Waals surface area contributed by atoms with Crippen molar-refractivity contribution in [1.29, 1.82) is 0 Å². The predicted octanol–water partition coefficient (Wildman–Crippen LogP) is 11.9. The number of hydrogen-bond acceptors (Lipinski definition) is 2. The molecular weight excluding hydrogens is 556 g/mol. The number of fused-ring (bicyclic) bond motifs is 2. The van der Waals surface area contributed by atoms with Crippen LogP contribution in [0.3, 0.4) is 0 Å². The molecule has 0 N–H and O–H groups in total. The van der Waals surface area contributed by atoms with E-state index >= 15 is 0 Å². The van der Waals surface area contributed by atoms with Gasteiger partial charge in [-0.15, -0.1) is 0 Å². The summed E-state index contributed by atoms with van der Waals surface area (Å²) in [7, 11) is 0. The van der Waals surface area contributed by atoms with Gasteiger partial charge >= 0.3 is 0 Å². The van der Waals surface area contributed by atoms with Gasteiger partial charge < -0.3 is 9.80 Å². The molecule has 0 aromatic heterocycles. The molecule has 2 heteroatoms.